The van der Waals surface area contributed by atoms with Gasteiger partial charge in [-0.2, -0.15) is 0 Å². The second-order valence-electron chi connectivity index (χ2n) is 3.44. The number of ether oxygens (including phenoxy) is 1. The summed E-state index contributed by atoms with van der Waals surface area (Å²) in [6.07, 6.45) is 0. The van der Waals surface area contributed by atoms with Crippen LogP contribution in [0.5, 0.6) is 5.75 Å². The summed E-state index contributed by atoms with van der Waals surface area (Å²) in [5.74, 6) is 0.820. The van der Waals surface area contributed by atoms with Crippen molar-refractivity contribution in [2.24, 2.45) is 5.73 Å². The van der Waals surface area contributed by atoms with Gasteiger partial charge in [0, 0.05) is 6.54 Å². The average Bonchev–Trinajstić information content (AvgIpc) is 2.70. The highest BCUT2D eigenvalue weighted by Gasteiger charge is 2.08. The molecular weight excluding hydrogens is 275 g/mol. The van der Waals surface area contributed by atoms with Gasteiger partial charge in [0.2, 0.25) is 0 Å². The van der Waals surface area contributed by atoms with Crippen molar-refractivity contribution >= 4 is 24.8 Å². The predicted octanol–water partition coefficient (Wildman–Crippen LogP) is 1.89. The molecule has 18 heavy (non-hydrogen) atoms. The molecule has 2 rings (SSSR count). The van der Waals surface area contributed by atoms with Crippen molar-refractivity contribution in [3.8, 4) is 11.4 Å². The van der Waals surface area contributed by atoms with Gasteiger partial charge in [-0.25, -0.2) is 4.68 Å². The number of rotatable bonds is 3. The highest BCUT2D eigenvalue weighted by molar-refractivity contribution is 5.85. The maximum Gasteiger partial charge on any atom is 0.119 e. The summed E-state index contributed by atoms with van der Waals surface area (Å²) in [5.41, 5.74) is 8.28. The lowest BCUT2D eigenvalue weighted by atomic mass is 10.3. The standard InChI is InChI=1S/C11H14N4O.2ClH/c1-8-11(7-12)13-14-15(8)9-3-5-10(16-2)6-4-9;;/h3-6H,7,12H2,1-2H3;2*1H. The van der Waals surface area contributed by atoms with E-state index in [1.807, 2.05) is 31.2 Å². The Morgan fingerprint density at radius 1 is 1.22 bits per heavy atom. The van der Waals surface area contributed by atoms with E-state index in [1.54, 1.807) is 11.8 Å². The smallest absolute Gasteiger partial charge is 0.119 e. The Hall–Kier alpha value is -1.30. The van der Waals surface area contributed by atoms with Crippen LogP contribution in [0.1, 0.15) is 11.4 Å². The van der Waals surface area contributed by atoms with Gasteiger partial charge >= 0.3 is 0 Å². The third kappa shape index (κ3) is 3.13. The van der Waals surface area contributed by atoms with E-state index in [4.69, 9.17) is 10.5 Å². The Labute approximate surface area is 118 Å². The van der Waals surface area contributed by atoms with E-state index in [2.05, 4.69) is 10.3 Å². The Balaban J connectivity index is 0.00000144. The van der Waals surface area contributed by atoms with Crippen LogP contribution in [0.3, 0.4) is 0 Å². The minimum absolute atomic E-state index is 0. The maximum absolute atomic E-state index is 5.55. The van der Waals surface area contributed by atoms with Gasteiger partial charge in [0.25, 0.3) is 0 Å². The van der Waals surface area contributed by atoms with Gasteiger partial charge < -0.3 is 10.5 Å². The van der Waals surface area contributed by atoms with Crippen LogP contribution in [0.4, 0.5) is 0 Å². The summed E-state index contributed by atoms with van der Waals surface area (Å²) in [7, 11) is 1.64. The fraction of sp³-hybridized carbons (Fsp3) is 0.273. The molecule has 0 aliphatic rings. The molecule has 100 valence electrons. The quantitative estimate of drug-likeness (QED) is 0.937. The Morgan fingerprint density at radius 2 is 1.83 bits per heavy atom. The minimum Gasteiger partial charge on any atom is -0.497 e. The average molecular weight is 291 g/mol. The first-order valence-electron chi connectivity index (χ1n) is 5.02. The molecule has 1 aromatic carbocycles. The van der Waals surface area contributed by atoms with Gasteiger partial charge in [-0.3, -0.25) is 0 Å². The van der Waals surface area contributed by atoms with Crippen molar-refractivity contribution in [3.63, 3.8) is 0 Å². The SMILES string of the molecule is COc1ccc(-n2nnc(CN)c2C)cc1.Cl.Cl. The van der Waals surface area contributed by atoms with Crippen molar-refractivity contribution in [1.82, 2.24) is 15.0 Å². The molecule has 1 heterocycles. The second-order valence-corrected chi connectivity index (χ2v) is 3.44. The third-order valence-electron chi connectivity index (χ3n) is 2.50. The maximum atomic E-state index is 5.55. The summed E-state index contributed by atoms with van der Waals surface area (Å²) in [4.78, 5) is 0. The first-order valence-corrected chi connectivity index (χ1v) is 5.02. The number of nitrogens with zero attached hydrogens (tertiary/aromatic N) is 3. The van der Waals surface area contributed by atoms with E-state index in [1.165, 1.54) is 0 Å². The number of methoxy groups -OCH3 is 1. The lowest BCUT2D eigenvalue weighted by Gasteiger charge is -2.04. The van der Waals surface area contributed by atoms with Crippen molar-refractivity contribution in [3.05, 3.63) is 35.7 Å². The van der Waals surface area contributed by atoms with E-state index >= 15 is 0 Å². The highest BCUT2D eigenvalue weighted by atomic mass is 35.5. The van der Waals surface area contributed by atoms with Crippen LogP contribution in [-0.2, 0) is 6.54 Å². The van der Waals surface area contributed by atoms with Gasteiger partial charge in [0.15, 0.2) is 0 Å². The van der Waals surface area contributed by atoms with E-state index in [9.17, 15) is 0 Å². The molecule has 0 bridgehead atoms. The van der Waals surface area contributed by atoms with Crippen molar-refractivity contribution in [1.29, 1.82) is 0 Å². The molecule has 0 aliphatic carbocycles. The fourth-order valence-electron chi connectivity index (χ4n) is 1.52. The van der Waals surface area contributed by atoms with Gasteiger partial charge in [0.05, 0.1) is 24.2 Å². The van der Waals surface area contributed by atoms with Gasteiger partial charge in [-0.05, 0) is 31.2 Å². The molecule has 0 amide bonds. The first kappa shape index (κ1) is 16.7. The predicted molar refractivity (Wildman–Crippen MR) is 75.0 cm³/mol. The zero-order valence-corrected chi connectivity index (χ0v) is 11.8. The van der Waals surface area contributed by atoms with Crippen molar-refractivity contribution in [2.45, 2.75) is 13.5 Å². The summed E-state index contributed by atoms with van der Waals surface area (Å²) in [6.45, 7) is 2.36. The topological polar surface area (TPSA) is 66.0 Å². The molecule has 5 nitrogen and oxygen atoms in total. The normalized spacial score (nSPS) is 9.28. The second kappa shape index (κ2) is 7.20. The van der Waals surface area contributed by atoms with Gasteiger partial charge in [-0.15, -0.1) is 29.9 Å². The molecule has 0 aliphatic heterocycles. The lowest BCUT2D eigenvalue weighted by Crippen LogP contribution is -2.02. The van der Waals surface area contributed by atoms with Gasteiger partial charge in [-0.1, -0.05) is 5.21 Å². The van der Waals surface area contributed by atoms with Crippen molar-refractivity contribution < 1.29 is 4.74 Å². The van der Waals surface area contributed by atoms with E-state index in [-0.39, 0.29) is 24.8 Å². The van der Waals surface area contributed by atoms with Crippen LogP contribution in [-0.4, -0.2) is 22.1 Å². The number of hydrogen-bond donors (Lipinski definition) is 1. The molecule has 0 spiro atoms. The van der Waals surface area contributed by atoms with Crippen LogP contribution in [0.25, 0.3) is 5.69 Å². The number of aromatic nitrogens is 3. The highest BCUT2D eigenvalue weighted by Crippen LogP contribution is 2.16. The zero-order valence-electron chi connectivity index (χ0n) is 10.2. The van der Waals surface area contributed by atoms with Crippen LogP contribution in [0, 0.1) is 6.92 Å². The molecule has 0 saturated heterocycles. The summed E-state index contributed by atoms with van der Waals surface area (Å²) >= 11 is 0. The Kier molecular flexibility index (Phi) is 6.68. The number of nitrogens with two attached hydrogens (primary N) is 1. The Morgan fingerprint density at radius 3 is 2.28 bits per heavy atom. The molecule has 0 fully saturated rings. The summed E-state index contributed by atoms with van der Waals surface area (Å²) < 4.78 is 6.86. The molecule has 2 N–H and O–H groups in total. The largest absolute Gasteiger partial charge is 0.497 e. The molecule has 7 heteroatoms. The first-order chi connectivity index (χ1) is 7.76. The number of halogens is 2. The molecule has 0 saturated carbocycles. The minimum atomic E-state index is 0. The van der Waals surface area contributed by atoms with E-state index in [0.29, 0.717) is 6.54 Å². The third-order valence-corrected chi connectivity index (χ3v) is 2.50. The molecule has 0 atom stereocenters. The number of benzene rings is 1. The van der Waals surface area contributed by atoms with Crippen LogP contribution < -0.4 is 10.5 Å². The molecule has 0 unspecified atom stereocenters. The lowest BCUT2D eigenvalue weighted by molar-refractivity contribution is 0.414. The summed E-state index contributed by atoms with van der Waals surface area (Å²) in [5, 5.41) is 8.07. The van der Waals surface area contributed by atoms with Gasteiger partial charge in [0.1, 0.15) is 5.75 Å². The fourth-order valence-corrected chi connectivity index (χ4v) is 1.52. The van der Waals surface area contributed by atoms with E-state index in [0.717, 1.165) is 22.8 Å². The molecule has 1 aromatic heterocycles. The molecular formula is C11H16Cl2N4O. The van der Waals surface area contributed by atoms with Crippen LogP contribution in [0.2, 0.25) is 0 Å². The van der Waals surface area contributed by atoms with Crippen LogP contribution in [0.15, 0.2) is 24.3 Å². The Bertz CT molecular complexity index is 484. The van der Waals surface area contributed by atoms with Crippen LogP contribution >= 0.6 is 24.8 Å². The van der Waals surface area contributed by atoms with Crippen molar-refractivity contribution in [2.75, 3.05) is 7.11 Å². The monoisotopic (exact) mass is 290 g/mol. The summed E-state index contributed by atoms with van der Waals surface area (Å²) in [6, 6.07) is 7.64. The van der Waals surface area contributed by atoms with E-state index < -0.39 is 0 Å². The molecule has 0 radical (unpaired) electrons. The zero-order chi connectivity index (χ0) is 11.5. The number of hydrogen-bond acceptors (Lipinski definition) is 4. The molecule has 2 aromatic rings.